The molecule has 9 heteroatoms. The van der Waals surface area contributed by atoms with Crippen LogP contribution in [0.4, 0.5) is 5.69 Å². The molecule has 0 spiro atoms. The molecule has 0 saturated heterocycles. The van der Waals surface area contributed by atoms with Crippen molar-refractivity contribution in [1.29, 1.82) is 0 Å². The Kier molecular flexibility index (Phi) is 4.48. The van der Waals surface area contributed by atoms with E-state index in [1.807, 2.05) is 0 Å². The molecule has 0 aliphatic heterocycles. The molecule has 0 aromatic heterocycles. The van der Waals surface area contributed by atoms with Crippen LogP contribution in [0, 0.1) is 10.1 Å². The molecule has 0 fully saturated rings. The first-order chi connectivity index (χ1) is 8.36. The first-order valence-corrected chi connectivity index (χ1v) is 6.04. The van der Waals surface area contributed by atoms with E-state index in [0.717, 1.165) is 18.2 Å². The first kappa shape index (κ1) is 14.2. The van der Waals surface area contributed by atoms with E-state index in [2.05, 4.69) is 4.18 Å². The molecule has 0 radical (unpaired) electrons. The molecule has 0 saturated carbocycles. The fourth-order valence-corrected chi connectivity index (χ4v) is 1.94. The lowest BCUT2D eigenvalue weighted by atomic mass is 10.3. The number of nitrogens with zero attached hydrogens (tertiary/aromatic N) is 1. The number of Topliss-reactive ketones (excluding diaryl/α,β-unsaturated/α-hetero) is 1. The van der Waals surface area contributed by atoms with Crippen LogP contribution < -0.4 is 0 Å². The SMILES string of the molecule is O=C(CO)COS(=O)(=O)c1cccc([N+](=O)[O-])c1. The minimum absolute atomic E-state index is 0.409. The van der Waals surface area contributed by atoms with Crippen LogP contribution in [0.25, 0.3) is 0 Å². The predicted molar refractivity (Wildman–Crippen MR) is 58.3 cm³/mol. The van der Waals surface area contributed by atoms with Crippen molar-refractivity contribution in [3.8, 4) is 0 Å². The number of non-ortho nitro benzene ring substituents is 1. The van der Waals surface area contributed by atoms with Crippen LogP contribution in [-0.2, 0) is 19.1 Å². The van der Waals surface area contributed by atoms with E-state index in [4.69, 9.17) is 5.11 Å². The number of rotatable bonds is 6. The van der Waals surface area contributed by atoms with Crippen molar-refractivity contribution >= 4 is 21.6 Å². The highest BCUT2D eigenvalue weighted by Crippen LogP contribution is 2.18. The number of benzene rings is 1. The van der Waals surface area contributed by atoms with E-state index in [9.17, 15) is 23.3 Å². The van der Waals surface area contributed by atoms with Crippen LogP contribution >= 0.6 is 0 Å². The molecular formula is C9H9NO7S. The maximum Gasteiger partial charge on any atom is 0.297 e. The third-order valence-corrected chi connectivity index (χ3v) is 3.13. The molecule has 0 atom stereocenters. The van der Waals surface area contributed by atoms with Gasteiger partial charge in [0.05, 0.1) is 4.92 Å². The summed E-state index contributed by atoms with van der Waals surface area (Å²) in [7, 11) is -4.26. The maximum absolute atomic E-state index is 11.5. The lowest BCUT2D eigenvalue weighted by Crippen LogP contribution is -2.17. The topological polar surface area (TPSA) is 124 Å². The van der Waals surface area contributed by atoms with Gasteiger partial charge in [-0.2, -0.15) is 8.42 Å². The first-order valence-electron chi connectivity index (χ1n) is 4.63. The molecule has 1 rings (SSSR count). The second-order valence-electron chi connectivity index (χ2n) is 3.17. The van der Waals surface area contributed by atoms with Gasteiger partial charge in [0.1, 0.15) is 18.1 Å². The monoisotopic (exact) mass is 275 g/mol. The summed E-state index contributed by atoms with van der Waals surface area (Å²) in [5.74, 6) is -0.816. The number of nitro groups is 1. The normalized spacial score (nSPS) is 11.2. The Bertz CT molecular complexity index is 566. The van der Waals surface area contributed by atoms with Crippen molar-refractivity contribution in [1.82, 2.24) is 0 Å². The number of nitro benzene ring substituents is 1. The van der Waals surface area contributed by atoms with E-state index in [0.29, 0.717) is 0 Å². The molecule has 1 N–H and O–H groups in total. The maximum atomic E-state index is 11.5. The quantitative estimate of drug-likeness (QED) is 0.435. The highest BCUT2D eigenvalue weighted by molar-refractivity contribution is 7.86. The highest BCUT2D eigenvalue weighted by Gasteiger charge is 2.19. The number of carbonyl (C=O) groups excluding carboxylic acids is 1. The highest BCUT2D eigenvalue weighted by atomic mass is 32.2. The van der Waals surface area contributed by atoms with Crippen LogP contribution in [0.3, 0.4) is 0 Å². The smallest absolute Gasteiger partial charge is 0.297 e. The van der Waals surface area contributed by atoms with Gasteiger partial charge in [0.15, 0.2) is 5.78 Å². The van der Waals surface area contributed by atoms with E-state index in [1.165, 1.54) is 6.07 Å². The van der Waals surface area contributed by atoms with Gasteiger partial charge in [-0.25, -0.2) is 0 Å². The number of carbonyl (C=O) groups is 1. The number of aliphatic hydroxyl groups is 1. The molecule has 0 unspecified atom stereocenters. The zero-order chi connectivity index (χ0) is 13.8. The van der Waals surface area contributed by atoms with E-state index in [1.54, 1.807) is 0 Å². The molecule has 18 heavy (non-hydrogen) atoms. The largest absolute Gasteiger partial charge is 0.388 e. The Balaban J connectivity index is 2.95. The summed E-state index contributed by atoms with van der Waals surface area (Å²) in [6, 6.07) is 4.23. The number of ketones is 1. The molecule has 0 heterocycles. The fraction of sp³-hybridized carbons (Fsp3) is 0.222. The third kappa shape index (κ3) is 3.58. The summed E-state index contributed by atoms with van der Waals surface area (Å²) < 4.78 is 27.4. The van der Waals surface area contributed by atoms with E-state index in [-0.39, 0.29) is 0 Å². The molecular weight excluding hydrogens is 266 g/mol. The zero-order valence-electron chi connectivity index (χ0n) is 8.98. The van der Waals surface area contributed by atoms with Crippen molar-refractivity contribution in [2.45, 2.75) is 4.90 Å². The van der Waals surface area contributed by atoms with Gasteiger partial charge >= 0.3 is 0 Å². The van der Waals surface area contributed by atoms with Crippen molar-refractivity contribution in [2.24, 2.45) is 0 Å². The Hall–Kier alpha value is -1.84. The minimum atomic E-state index is -4.26. The van der Waals surface area contributed by atoms with Crippen LogP contribution in [0.15, 0.2) is 29.2 Å². The second-order valence-corrected chi connectivity index (χ2v) is 4.78. The second kappa shape index (κ2) is 5.67. The molecule has 0 aliphatic carbocycles. The van der Waals surface area contributed by atoms with Gasteiger partial charge in [-0.3, -0.25) is 19.1 Å². The Labute approximate surface area is 102 Å². The van der Waals surface area contributed by atoms with Gasteiger partial charge in [0.2, 0.25) is 0 Å². The number of hydrogen-bond donors (Lipinski definition) is 1. The van der Waals surface area contributed by atoms with Crippen molar-refractivity contribution < 1.29 is 27.4 Å². The van der Waals surface area contributed by atoms with Crippen molar-refractivity contribution in [2.75, 3.05) is 13.2 Å². The Morgan fingerprint density at radius 2 is 2.11 bits per heavy atom. The standard InChI is InChI=1S/C9H9NO7S/c11-5-8(12)6-17-18(15,16)9-3-1-2-7(4-9)10(13)14/h1-4,11H,5-6H2. The number of hydrogen-bond acceptors (Lipinski definition) is 7. The third-order valence-electron chi connectivity index (χ3n) is 1.87. The Morgan fingerprint density at radius 3 is 2.67 bits per heavy atom. The van der Waals surface area contributed by atoms with Gasteiger partial charge in [-0.1, -0.05) is 6.07 Å². The molecule has 0 amide bonds. The van der Waals surface area contributed by atoms with Gasteiger partial charge in [0, 0.05) is 12.1 Å². The molecule has 1 aromatic rings. The summed E-state index contributed by atoms with van der Waals surface area (Å²) in [6.45, 7) is -1.66. The van der Waals surface area contributed by atoms with Crippen LogP contribution in [0.1, 0.15) is 0 Å². The summed E-state index contributed by atoms with van der Waals surface area (Å²) >= 11 is 0. The zero-order valence-corrected chi connectivity index (χ0v) is 9.79. The van der Waals surface area contributed by atoms with Gasteiger partial charge in [-0.05, 0) is 6.07 Å². The number of aliphatic hydroxyl groups excluding tert-OH is 1. The van der Waals surface area contributed by atoms with Gasteiger partial charge in [-0.15, -0.1) is 0 Å². The van der Waals surface area contributed by atoms with Gasteiger partial charge < -0.3 is 5.11 Å². The van der Waals surface area contributed by atoms with Crippen LogP contribution in [0.5, 0.6) is 0 Å². The van der Waals surface area contributed by atoms with E-state index < -0.39 is 44.6 Å². The van der Waals surface area contributed by atoms with Crippen LogP contribution in [0.2, 0.25) is 0 Å². The van der Waals surface area contributed by atoms with Crippen LogP contribution in [-0.4, -0.2) is 37.4 Å². The average molecular weight is 275 g/mol. The van der Waals surface area contributed by atoms with Gasteiger partial charge in [0.25, 0.3) is 15.8 Å². The molecule has 0 bridgehead atoms. The summed E-state index contributed by atoms with van der Waals surface area (Å²) in [4.78, 5) is 20.0. The lowest BCUT2D eigenvalue weighted by molar-refractivity contribution is -0.385. The Morgan fingerprint density at radius 1 is 1.44 bits per heavy atom. The molecule has 8 nitrogen and oxygen atoms in total. The molecule has 0 aliphatic rings. The fourth-order valence-electron chi connectivity index (χ4n) is 1.01. The summed E-state index contributed by atoms with van der Waals surface area (Å²) in [6.07, 6.45) is 0. The molecule has 98 valence electrons. The lowest BCUT2D eigenvalue weighted by Gasteiger charge is -2.03. The van der Waals surface area contributed by atoms with E-state index >= 15 is 0 Å². The summed E-state index contributed by atoms with van der Waals surface area (Å²) in [5.41, 5.74) is -0.409. The summed E-state index contributed by atoms with van der Waals surface area (Å²) in [5, 5.41) is 18.9. The molecule has 1 aromatic carbocycles. The minimum Gasteiger partial charge on any atom is -0.388 e. The van der Waals surface area contributed by atoms with Crippen molar-refractivity contribution in [3.05, 3.63) is 34.4 Å². The average Bonchev–Trinajstić information content (AvgIpc) is 2.36. The van der Waals surface area contributed by atoms with Crippen molar-refractivity contribution in [3.63, 3.8) is 0 Å². The predicted octanol–water partition coefficient (Wildman–Crippen LogP) is -0.138.